The number of hydrogen-bond donors (Lipinski definition) is 1. The van der Waals surface area contributed by atoms with Crippen molar-refractivity contribution in [3.8, 4) is 0 Å². The Morgan fingerprint density at radius 2 is 2.14 bits per heavy atom. The average molecular weight is 304 g/mol. The molecule has 120 valence electrons. The second kappa shape index (κ2) is 7.29. The van der Waals surface area contributed by atoms with Crippen molar-refractivity contribution < 1.29 is 14.3 Å². The summed E-state index contributed by atoms with van der Waals surface area (Å²) in [6, 6.07) is 5.95. The third-order valence-corrected chi connectivity index (χ3v) is 3.96. The van der Waals surface area contributed by atoms with Crippen LogP contribution in [-0.2, 0) is 9.53 Å². The predicted molar refractivity (Wildman–Crippen MR) is 85.9 cm³/mol. The smallest absolute Gasteiger partial charge is 0.409 e. The molecule has 0 aromatic heterocycles. The number of amides is 2. The van der Waals surface area contributed by atoms with E-state index in [2.05, 4.69) is 5.32 Å². The molecule has 5 heteroatoms. The summed E-state index contributed by atoms with van der Waals surface area (Å²) in [7, 11) is 0. The van der Waals surface area contributed by atoms with Crippen molar-refractivity contribution in [2.24, 2.45) is 5.92 Å². The lowest BCUT2D eigenvalue weighted by Crippen LogP contribution is -2.44. The maximum atomic E-state index is 12.4. The van der Waals surface area contributed by atoms with Gasteiger partial charge in [0.1, 0.15) is 0 Å². The second-order valence-electron chi connectivity index (χ2n) is 5.79. The Labute approximate surface area is 131 Å². The number of ether oxygens (including phenoxy) is 1. The first kappa shape index (κ1) is 16.3. The largest absolute Gasteiger partial charge is 0.450 e. The Balaban J connectivity index is 1.98. The maximum absolute atomic E-state index is 12.4. The van der Waals surface area contributed by atoms with E-state index in [0.29, 0.717) is 19.7 Å². The fraction of sp³-hybridized carbons (Fsp3) is 0.529. The molecule has 0 radical (unpaired) electrons. The van der Waals surface area contributed by atoms with Crippen LogP contribution in [0.2, 0.25) is 0 Å². The van der Waals surface area contributed by atoms with Crippen LogP contribution in [-0.4, -0.2) is 36.6 Å². The van der Waals surface area contributed by atoms with E-state index >= 15 is 0 Å². The molecule has 1 aromatic carbocycles. The summed E-state index contributed by atoms with van der Waals surface area (Å²) in [5.41, 5.74) is 3.05. The molecule has 0 saturated carbocycles. The first-order chi connectivity index (χ1) is 10.5. The van der Waals surface area contributed by atoms with Gasteiger partial charge in [-0.1, -0.05) is 17.7 Å². The molecule has 0 aliphatic carbocycles. The van der Waals surface area contributed by atoms with E-state index in [4.69, 9.17) is 4.74 Å². The molecule has 1 N–H and O–H groups in total. The molecule has 22 heavy (non-hydrogen) atoms. The van der Waals surface area contributed by atoms with Gasteiger partial charge in [-0.3, -0.25) is 4.79 Å². The molecule has 1 heterocycles. The van der Waals surface area contributed by atoms with Crippen LogP contribution in [0.5, 0.6) is 0 Å². The van der Waals surface area contributed by atoms with E-state index in [0.717, 1.165) is 24.1 Å². The minimum Gasteiger partial charge on any atom is -0.450 e. The van der Waals surface area contributed by atoms with Crippen molar-refractivity contribution in [1.82, 2.24) is 4.90 Å². The maximum Gasteiger partial charge on any atom is 0.409 e. The van der Waals surface area contributed by atoms with E-state index < -0.39 is 0 Å². The van der Waals surface area contributed by atoms with E-state index in [1.165, 1.54) is 5.56 Å². The topological polar surface area (TPSA) is 58.6 Å². The molecule has 1 aliphatic heterocycles. The zero-order valence-electron chi connectivity index (χ0n) is 13.5. The molecule has 1 aromatic rings. The molecule has 5 nitrogen and oxygen atoms in total. The first-order valence-electron chi connectivity index (χ1n) is 7.81. The van der Waals surface area contributed by atoms with Crippen molar-refractivity contribution in [3.05, 3.63) is 29.3 Å². The number of nitrogens with zero attached hydrogens (tertiary/aromatic N) is 1. The molecule has 2 rings (SSSR count). The monoisotopic (exact) mass is 304 g/mol. The normalized spacial score (nSPS) is 18.0. The Bertz CT molecular complexity index is 557. The number of aryl methyl sites for hydroxylation is 2. The Morgan fingerprint density at radius 1 is 1.36 bits per heavy atom. The van der Waals surface area contributed by atoms with Gasteiger partial charge in [0, 0.05) is 18.8 Å². The number of carbonyl (C=O) groups excluding carboxylic acids is 2. The summed E-state index contributed by atoms with van der Waals surface area (Å²) in [6.07, 6.45) is 1.29. The summed E-state index contributed by atoms with van der Waals surface area (Å²) in [5.74, 6) is -0.209. The second-order valence-corrected chi connectivity index (χ2v) is 5.79. The molecular weight excluding hydrogens is 280 g/mol. The van der Waals surface area contributed by atoms with Crippen LogP contribution in [0.4, 0.5) is 10.5 Å². The lowest BCUT2D eigenvalue weighted by Gasteiger charge is -2.31. The van der Waals surface area contributed by atoms with Crippen LogP contribution in [0.25, 0.3) is 0 Å². The molecule has 1 atom stereocenters. The number of anilines is 1. The Hall–Kier alpha value is -2.04. The highest BCUT2D eigenvalue weighted by Gasteiger charge is 2.29. The molecular formula is C17H24N2O3. The van der Waals surface area contributed by atoms with Crippen molar-refractivity contribution >= 4 is 17.7 Å². The minimum absolute atomic E-state index is 0.0269. The molecule has 0 spiro atoms. The minimum atomic E-state index is -0.327. The van der Waals surface area contributed by atoms with Crippen LogP contribution in [0.15, 0.2) is 18.2 Å². The number of benzene rings is 1. The zero-order valence-corrected chi connectivity index (χ0v) is 13.5. The van der Waals surface area contributed by atoms with E-state index in [1.807, 2.05) is 32.0 Å². The van der Waals surface area contributed by atoms with Crippen molar-refractivity contribution in [1.29, 1.82) is 0 Å². The highest BCUT2D eigenvalue weighted by Crippen LogP contribution is 2.21. The number of nitrogens with one attached hydrogen (secondary N) is 1. The molecule has 1 aliphatic rings. The number of carbonyl (C=O) groups is 2. The summed E-state index contributed by atoms with van der Waals surface area (Å²) < 4.78 is 5.02. The van der Waals surface area contributed by atoms with Gasteiger partial charge in [0.15, 0.2) is 0 Å². The first-order valence-corrected chi connectivity index (χ1v) is 7.81. The molecule has 1 fully saturated rings. The van der Waals surface area contributed by atoms with Gasteiger partial charge >= 0.3 is 6.09 Å². The number of rotatable bonds is 3. The fourth-order valence-electron chi connectivity index (χ4n) is 2.76. The van der Waals surface area contributed by atoms with Gasteiger partial charge in [-0.15, -0.1) is 0 Å². The van der Waals surface area contributed by atoms with Crippen molar-refractivity contribution in [2.75, 3.05) is 25.0 Å². The van der Waals surface area contributed by atoms with Crippen molar-refractivity contribution in [3.63, 3.8) is 0 Å². The molecule has 1 unspecified atom stereocenters. The molecule has 2 amide bonds. The van der Waals surface area contributed by atoms with Crippen molar-refractivity contribution in [2.45, 2.75) is 33.6 Å². The van der Waals surface area contributed by atoms with Gasteiger partial charge in [0.2, 0.25) is 5.91 Å². The van der Waals surface area contributed by atoms with Crippen LogP contribution in [0.3, 0.4) is 0 Å². The zero-order chi connectivity index (χ0) is 16.1. The average Bonchev–Trinajstić information content (AvgIpc) is 2.50. The van der Waals surface area contributed by atoms with Gasteiger partial charge in [-0.2, -0.15) is 0 Å². The van der Waals surface area contributed by atoms with Gasteiger partial charge in [0.05, 0.1) is 12.5 Å². The number of hydrogen-bond acceptors (Lipinski definition) is 3. The SMILES string of the molecule is CCOC(=O)N1CCCC(C(=O)Nc2ccc(C)cc2C)C1. The van der Waals surface area contributed by atoms with E-state index in [1.54, 1.807) is 11.8 Å². The number of likely N-dealkylation sites (tertiary alicyclic amines) is 1. The third kappa shape index (κ3) is 4.00. The number of piperidine rings is 1. The van der Waals surface area contributed by atoms with E-state index in [9.17, 15) is 9.59 Å². The molecule has 1 saturated heterocycles. The predicted octanol–water partition coefficient (Wildman–Crippen LogP) is 3.11. The summed E-state index contributed by atoms with van der Waals surface area (Å²) in [5, 5.41) is 2.98. The summed E-state index contributed by atoms with van der Waals surface area (Å²) in [4.78, 5) is 25.9. The van der Waals surface area contributed by atoms with Crippen LogP contribution < -0.4 is 5.32 Å². The lowest BCUT2D eigenvalue weighted by molar-refractivity contribution is -0.121. The van der Waals surface area contributed by atoms with Gasteiger partial charge in [0.25, 0.3) is 0 Å². The summed E-state index contributed by atoms with van der Waals surface area (Å²) >= 11 is 0. The highest BCUT2D eigenvalue weighted by molar-refractivity contribution is 5.93. The quantitative estimate of drug-likeness (QED) is 0.933. The fourth-order valence-corrected chi connectivity index (χ4v) is 2.76. The van der Waals surface area contributed by atoms with Crippen LogP contribution in [0, 0.1) is 19.8 Å². The third-order valence-electron chi connectivity index (χ3n) is 3.96. The highest BCUT2D eigenvalue weighted by atomic mass is 16.6. The van der Waals surface area contributed by atoms with Gasteiger partial charge in [-0.25, -0.2) is 4.79 Å². The van der Waals surface area contributed by atoms with Gasteiger partial charge in [-0.05, 0) is 45.2 Å². The molecule has 0 bridgehead atoms. The Morgan fingerprint density at radius 3 is 2.82 bits per heavy atom. The van der Waals surface area contributed by atoms with Crippen LogP contribution >= 0.6 is 0 Å². The van der Waals surface area contributed by atoms with Gasteiger partial charge < -0.3 is 15.0 Å². The standard InChI is InChI=1S/C17H24N2O3/c1-4-22-17(21)19-9-5-6-14(11-19)16(20)18-15-8-7-12(2)10-13(15)3/h7-8,10,14H,4-6,9,11H2,1-3H3,(H,18,20). The van der Waals surface area contributed by atoms with E-state index in [-0.39, 0.29) is 17.9 Å². The summed E-state index contributed by atoms with van der Waals surface area (Å²) in [6.45, 7) is 7.23. The Kier molecular flexibility index (Phi) is 5.41. The lowest BCUT2D eigenvalue weighted by atomic mass is 9.97. The van der Waals surface area contributed by atoms with Crippen LogP contribution in [0.1, 0.15) is 30.9 Å².